The molecule has 0 unspecified atom stereocenters. The number of nitrogens with zero attached hydrogens (tertiary/aromatic N) is 2. The van der Waals surface area contributed by atoms with Gasteiger partial charge in [0.1, 0.15) is 0 Å². The highest BCUT2D eigenvalue weighted by Gasteiger charge is 2.27. The summed E-state index contributed by atoms with van der Waals surface area (Å²) in [7, 11) is 1.62. The summed E-state index contributed by atoms with van der Waals surface area (Å²) in [6.07, 6.45) is 5.54. The molecule has 0 N–H and O–H groups in total. The van der Waals surface area contributed by atoms with Gasteiger partial charge in [0.05, 0.1) is 18.1 Å². The van der Waals surface area contributed by atoms with E-state index in [1.165, 1.54) is 31.0 Å². The minimum absolute atomic E-state index is 0.0746. The fourth-order valence-electron chi connectivity index (χ4n) is 2.90. The molecule has 0 spiro atoms. The Balaban J connectivity index is 1.76. The average Bonchev–Trinajstić information content (AvgIpc) is 2.97. The van der Waals surface area contributed by atoms with Crippen molar-refractivity contribution in [3.8, 4) is 11.5 Å². The van der Waals surface area contributed by atoms with Crippen molar-refractivity contribution < 1.29 is 14.3 Å². The lowest BCUT2D eigenvalue weighted by Crippen LogP contribution is -2.33. The van der Waals surface area contributed by atoms with Crippen LogP contribution in [-0.4, -0.2) is 42.3 Å². The summed E-state index contributed by atoms with van der Waals surface area (Å²) < 4.78 is 11.1. The number of benzene rings is 1. The molecule has 2 aliphatic rings. The zero-order chi connectivity index (χ0) is 17.8. The number of thioether (sulfide) groups is 1. The summed E-state index contributed by atoms with van der Waals surface area (Å²) in [6, 6.07) is 5.69. The van der Waals surface area contributed by atoms with Gasteiger partial charge < -0.3 is 14.4 Å². The van der Waals surface area contributed by atoms with Gasteiger partial charge in [-0.05, 0) is 68.6 Å². The van der Waals surface area contributed by atoms with Crippen LogP contribution < -0.4 is 9.47 Å². The van der Waals surface area contributed by atoms with Crippen LogP contribution in [0.5, 0.6) is 11.5 Å². The van der Waals surface area contributed by atoms with Crippen LogP contribution in [-0.2, 0) is 4.79 Å². The maximum absolute atomic E-state index is 12.2. The van der Waals surface area contributed by atoms with Gasteiger partial charge in [0.25, 0.3) is 5.91 Å². The maximum atomic E-state index is 12.2. The summed E-state index contributed by atoms with van der Waals surface area (Å²) in [5.74, 6) is 1.21. The van der Waals surface area contributed by atoms with Crippen molar-refractivity contribution in [2.75, 3.05) is 20.2 Å². The molecule has 0 atom stereocenters. The van der Waals surface area contributed by atoms with Crippen molar-refractivity contribution in [3.05, 3.63) is 28.7 Å². The third-order valence-electron chi connectivity index (χ3n) is 4.08. The number of rotatable bonds is 4. The second-order valence-electron chi connectivity index (χ2n) is 6.43. The molecule has 0 aromatic heterocycles. The van der Waals surface area contributed by atoms with Crippen molar-refractivity contribution in [1.82, 2.24) is 4.90 Å². The molecule has 5 nitrogen and oxygen atoms in total. The summed E-state index contributed by atoms with van der Waals surface area (Å²) in [6.45, 7) is 5.92. The van der Waals surface area contributed by atoms with Crippen LogP contribution in [0.4, 0.5) is 0 Å². The zero-order valence-electron chi connectivity index (χ0n) is 14.9. The second kappa shape index (κ2) is 7.95. The molecule has 134 valence electrons. The lowest BCUT2D eigenvalue weighted by molar-refractivity contribution is -0.113. The van der Waals surface area contributed by atoms with E-state index in [4.69, 9.17) is 9.47 Å². The molecule has 1 saturated heterocycles. The van der Waals surface area contributed by atoms with Crippen molar-refractivity contribution in [1.29, 1.82) is 0 Å². The molecule has 2 heterocycles. The number of amidine groups is 1. The Hall–Kier alpha value is -1.95. The normalized spacial score (nSPS) is 19.5. The Bertz CT molecular complexity index is 707. The summed E-state index contributed by atoms with van der Waals surface area (Å²) in [5, 5.41) is 0.836. The van der Waals surface area contributed by atoms with Gasteiger partial charge in [-0.3, -0.25) is 4.79 Å². The number of aliphatic imine (C=N–C) groups is 1. The van der Waals surface area contributed by atoms with Gasteiger partial charge in [-0.2, -0.15) is 4.99 Å². The van der Waals surface area contributed by atoms with Crippen LogP contribution in [0.2, 0.25) is 0 Å². The summed E-state index contributed by atoms with van der Waals surface area (Å²) in [5.41, 5.74) is 0.902. The summed E-state index contributed by atoms with van der Waals surface area (Å²) in [4.78, 5) is 19.3. The van der Waals surface area contributed by atoms with E-state index in [1.54, 1.807) is 7.11 Å². The predicted molar refractivity (Wildman–Crippen MR) is 102 cm³/mol. The molecule has 0 saturated carbocycles. The van der Waals surface area contributed by atoms with E-state index in [1.807, 2.05) is 38.1 Å². The lowest BCUT2D eigenvalue weighted by Gasteiger charge is -2.27. The fourth-order valence-corrected chi connectivity index (χ4v) is 3.86. The zero-order valence-corrected chi connectivity index (χ0v) is 15.8. The smallest absolute Gasteiger partial charge is 0.286 e. The topological polar surface area (TPSA) is 51.1 Å². The highest BCUT2D eigenvalue weighted by molar-refractivity contribution is 8.18. The molecule has 25 heavy (non-hydrogen) atoms. The Labute approximate surface area is 153 Å². The number of ether oxygens (including phenoxy) is 2. The number of hydrogen-bond donors (Lipinski definition) is 0. The first-order chi connectivity index (χ1) is 12.1. The van der Waals surface area contributed by atoms with Gasteiger partial charge in [0.15, 0.2) is 16.7 Å². The quantitative estimate of drug-likeness (QED) is 0.761. The fraction of sp³-hybridized carbons (Fsp3) is 0.474. The predicted octanol–water partition coefficient (Wildman–Crippen LogP) is 3.94. The summed E-state index contributed by atoms with van der Waals surface area (Å²) >= 11 is 1.46. The van der Waals surface area contributed by atoms with E-state index in [0.29, 0.717) is 16.4 Å². The van der Waals surface area contributed by atoms with Crippen molar-refractivity contribution in [2.24, 2.45) is 4.99 Å². The van der Waals surface area contributed by atoms with Gasteiger partial charge in [-0.1, -0.05) is 6.07 Å². The van der Waals surface area contributed by atoms with Crippen LogP contribution in [0.1, 0.15) is 38.7 Å². The molecule has 1 amide bonds. The van der Waals surface area contributed by atoms with Crippen molar-refractivity contribution in [3.63, 3.8) is 0 Å². The van der Waals surface area contributed by atoms with E-state index in [0.717, 1.165) is 23.8 Å². The first-order valence-electron chi connectivity index (χ1n) is 8.69. The monoisotopic (exact) mass is 360 g/mol. The molecule has 1 aromatic rings. The number of carbonyl (C=O) groups excluding carboxylic acids is 1. The van der Waals surface area contributed by atoms with Gasteiger partial charge in [0.2, 0.25) is 0 Å². The van der Waals surface area contributed by atoms with E-state index in [9.17, 15) is 4.79 Å². The molecular formula is C19H24N2O3S. The number of piperidine rings is 1. The van der Waals surface area contributed by atoms with E-state index in [-0.39, 0.29) is 12.0 Å². The molecule has 3 rings (SSSR count). The van der Waals surface area contributed by atoms with E-state index in [2.05, 4.69) is 9.89 Å². The van der Waals surface area contributed by atoms with E-state index >= 15 is 0 Å². The molecule has 0 radical (unpaired) electrons. The highest BCUT2D eigenvalue weighted by Crippen LogP contribution is 2.34. The number of amides is 1. The first kappa shape index (κ1) is 17.9. The van der Waals surface area contributed by atoms with Crippen LogP contribution >= 0.6 is 11.8 Å². The Morgan fingerprint density at radius 3 is 2.64 bits per heavy atom. The van der Waals surface area contributed by atoms with Gasteiger partial charge in [0, 0.05) is 13.1 Å². The minimum Gasteiger partial charge on any atom is -0.493 e. The molecule has 0 bridgehead atoms. The average molecular weight is 360 g/mol. The second-order valence-corrected chi connectivity index (χ2v) is 7.44. The molecule has 1 aromatic carbocycles. The SMILES string of the molecule is COc1cc(C=C2SC(N3CCCCC3)=NC2=O)ccc1OC(C)C. The molecule has 2 aliphatic heterocycles. The van der Waals surface area contributed by atoms with Crippen molar-refractivity contribution in [2.45, 2.75) is 39.2 Å². The Kier molecular flexibility index (Phi) is 5.68. The Morgan fingerprint density at radius 1 is 1.20 bits per heavy atom. The molecule has 1 fully saturated rings. The number of hydrogen-bond acceptors (Lipinski definition) is 5. The van der Waals surface area contributed by atoms with E-state index < -0.39 is 0 Å². The first-order valence-corrected chi connectivity index (χ1v) is 9.50. The number of likely N-dealkylation sites (tertiary alicyclic amines) is 1. The van der Waals surface area contributed by atoms with Gasteiger partial charge in [-0.15, -0.1) is 0 Å². The van der Waals surface area contributed by atoms with Gasteiger partial charge in [-0.25, -0.2) is 0 Å². The van der Waals surface area contributed by atoms with Crippen LogP contribution in [0.25, 0.3) is 6.08 Å². The largest absolute Gasteiger partial charge is 0.493 e. The molecular weight excluding hydrogens is 336 g/mol. The lowest BCUT2D eigenvalue weighted by atomic mass is 10.1. The third kappa shape index (κ3) is 4.37. The van der Waals surface area contributed by atoms with Crippen LogP contribution in [0.3, 0.4) is 0 Å². The maximum Gasteiger partial charge on any atom is 0.286 e. The van der Waals surface area contributed by atoms with Gasteiger partial charge >= 0.3 is 0 Å². The third-order valence-corrected chi connectivity index (χ3v) is 5.13. The molecule has 6 heteroatoms. The van der Waals surface area contributed by atoms with Crippen LogP contribution in [0.15, 0.2) is 28.1 Å². The minimum atomic E-state index is -0.160. The van der Waals surface area contributed by atoms with Crippen LogP contribution in [0, 0.1) is 0 Å². The number of methoxy groups -OCH3 is 1. The Morgan fingerprint density at radius 2 is 1.96 bits per heavy atom. The highest BCUT2D eigenvalue weighted by atomic mass is 32.2. The molecule has 0 aliphatic carbocycles. The van der Waals surface area contributed by atoms with Crippen molar-refractivity contribution >= 4 is 28.9 Å². The number of carbonyl (C=O) groups is 1. The standard InChI is InChI=1S/C19H24N2O3S/c1-13(2)24-15-8-7-14(11-16(15)23-3)12-17-18(22)20-19(25-17)21-9-5-4-6-10-21/h7-8,11-13H,4-6,9-10H2,1-3H3.